The lowest BCUT2D eigenvalue weighted by Gasteiger charge is -2.35. The summed E-state index contributed by atoms with van der Waals surface area (Å²) in [6.07, 6.45) is 2.18. The topological polar surface area (TPSA) is 38.7 Å². The molecule has 2 atom stereocenters. The number of hydrogen-bond donors (Lipinski definition) is 2. The monoisotopic (exact) mass is 291 g/mol. The Morgan fingerprint density at radius 3 is 2.86 bits per heavy atom. The van der Waals surface area contributed by atoms with Crippen LogP contribution in [-0.2, 0) is 6.42 Å². The van der Waals surface area contributed by atoms with Gasteiger partial charge >= 0.3 is 0 Å². The number of hydrogen-bond acceptors (Lipinski definition) is 4. The second-order valence-corrected chi connectivity index (χ2v) is 6.20. The maximum Gasteiger partial charge on any atom is 0.115 e. The second-order valence-electron chi connectivity index (χ2n) is 6.20. The van der Waals surface area contributed by atoms with Crippen molar-refractivity contribution < 1.29 is 5.11 Å². The summed E-state index contributed by atoms with van der Waals surface area (Å²) in [4.78, 5) is 4.92. The molecule has 4 heteroatoms. The van der Waals surface area contributed by atoms with Crippen LogP contribution in [-0.4, -0.2) is 67.3 Å². The van der Waals surface area contributed by atoms with Crippen molar-refractivity contribution in [2.24, 2.45) is 0 Å². The smallest absolute Gasteiger partial charge is 0.115 e. The Labute approximate surface area is 128 Å². The van der Waals surface area contributed by atoms with Crippen molar-refractivity contribution in [2.45, 2.75) is 31.8 Å². The fourth-order valence-corrected chi connectivity index (χ4v) is 3.28. The first kappa shape index (κ1) is 16.3. The number of benzene rings is 1. The zero-order valence-corrected chi connectivity index (χ0v) is 13.5. The van der Waals surface area contributed by atoms with Gasteiger partial charge in [-0.2, -0.15) is 0 Å². The van der Waals surface area contributed by atoms with Crippen LogP contribution in [0, 0.1) is 0 Å². The molecule has 1 aromatic carbocycles. The average molecular weight is 291 g/mol. The van der Waals surface area contributed by atoms with Gasteiger partial charge in [0, 0.05) is 18.6 Å². The van der Waals surface area contributed by atoms with Crippen LogP contribution in [0.5, 0.6) is 5.75 Å². The van der Waals surface area contributed by atoms with Crippen LogP contribution >= 0.6 is 0 Å². The van der Waals surface area contributed by atoms with E-state index in [1.165, 1.54) is 18.5 Å². The van der Waals surface area contributed by atoms with Gasteiger partial charge in [-0.05, 0) is 64.3 Å². The minimum atomic E-state index is 0.356. The van der Waals surface area contributed by atoms with Crippen LogP contribution in [0.25, 0.3) is 0 Å². The first-order valence-corrected chi connectivity index (χ1v) is 8.00. The van der Waals surface area contributed by atoms with E-state index in [9.17, 15) is 5.11 Å². The standard InChI is InChI=1S/C17H29N3O/c1-4-18-16(12-14-7-5-8-15(21)11-14)17-13-19(2)9-6-10-20(17)3/h5,7-8,11,16-18,21H,4,6,9-10,12-13H2,1-3H3. The molecule has 1 fully saturated rings. The summed E-state index contributed by atoms with van der Waals surface area (Å²) in [6, 6.07) is 8.55. The third kappa shape index (κ3) is 4.70. The van der Waals surface area contributed by atoms with Crippen molar-refractivity contribution in [3.63, 3.8) is 0 Å². The highest BCUT2D eigenvalue weighted by atomic mass is 16.3. The van der Waals surface area contributed by atoms with E-state index in [1.807, 2.05) is 12.1 Å². The summed E-state index contributed by atoms with van der Waals surface area (Å²) in [7, 11) is 4.44. The normalized spacial score (nSPS) is 22.9. The number of nitrogens with one attached hydrogen (secondary N) is 1. The van der Waals surface area contributed by atoms with Gasteiger partial charge in [0.1, 0.15) is 5.75 Å². The van der Waals surface area contributed by atoms with E-state index in [2.05, 4.69) is 42.2 Å². The molecule has 2 rings (SSSR count). The lowest BCUT2D eigenvalue weighted by atomic mass is 9.97. The molecule has 0 amide bonds. The Morgan fingerprint density at radius 2 is 2.14 bits per heavy atom. The van der Waals surface area contributed by atoms with Crippen LogP contribution in [0.2, 0.25) is 0 Å². The van der Waals surface area contributed by atoms with E-state index < -0.39 is 0 Å². The summed E-state index contributed by atoms with van der Waals surface area (Å²) < 4.78 is 0. The number of aromatic hydroxyl groups is 1. The van der Waals surface area contributed by atoms with Crippen LogP contribution in [0.4, 0.5) is 0 Å². The average Bonchev–Trinajstić information content (AvgIpc) is 2.60. The van der Waals surface area contributed by atoms with Crippen LogP contribution < -0.4 is 5.32 Å². The number of phenols is 1. The van der Waals surface area contributed by atoms with Gasteiger partial charge in [0.15, 0.2) is 0 Å². The Bertz CT molecular complexity index is 438. The highest BCUT2D eigenvalue weighted by Gasteiger charge is 2.28. The molecule has 0 spiro atoms. The molecular formula is C17H29N3O. The molecule has 2 N–H and O–H groups in total. The largest absolute Gasteiger partial charge is 0.508 e. The molecule has 0 radical (unpaired) electrons. The van der Waals surface area contributed by atoms with Crippen LogP contribution in [0.1, 0.15) is 18.9 Å². The van der Waals surface area contributed by atoms with Crippen molar-refractivity contribution in [1.82, 2.24) is 15.1 Å². The minimum Gasteiger partial charge on any atom is -0.508 e. The molecule has 0 bridgehead atoms. The van der Waals surface area contributed by atoms with Gasteiger partial charge < -0.3 is 20.2 Å². The zero-order valence-electron chi connectivity index (χ0n) is 13.5. The van der Waals surface area contributed by atoms with Crippen molar-refractivity contribution in [3.8, 4) is 5.75 Å². The lowest BCUT2D eigenvalue weighted by Crippen LogP contribution is -2.53. The second kappa shape index (κ2) is 7.78. The number of likely N-dealkylation sites (N-methyl/N-ethyl adjacent to an activating group) is 3. The quantitative estimate of drug-likeness (QED) is 0.863. The van der Waals surface area contributed by atoms with E-state index in [0.29, 0.717) is 17.8 Å². The predicted molar refractivity (Wildman–Crippen MR) is 87.8 cm³/mol. The van der Waals surface area contributed by atoms with Gasteiger partial charge in [0.25, 0.3) is 0 Å². The van der Waals surface area contributed by atoms with Gasteiger partial charge in [-0.25, -0.2) is 0 Å². The summed E-state index contributed by atoms with van der Waals surface area (Å²) in [5.41, 5.74) is 1.20. The highest BCUT2D eigenvalue weighted by Crippen LogP contribution is 2.17. The van der Waals surface area contributed by atoms with Gasteiger partial charge in [0.2, 0.25) is 0 Å². The molecule has 1 heterocycles. The molecule has 1 aliphatic rings. The molecule has 0 aliphatic carbocycles. The minimum absolute atomic E-state index is 0.356. The van der Waals surface area contributed by atoms with Gasteiger partial charge in [-0.1, -0.05) is 19.1 Å². The van der Waals surface area contributed by atoms with E-state index in [4.69, 9.17) is 0 Å². The van der Waals surface area contributed by atoms with E-state index in [-0.39, 0.29) is 0 Å². The summed E-state index contributed by atoms with van der Waals surface area (Å²) in [5.74, 6) is 0.356. The molecular weight excluding hydrogens is 262 g/mol. The van der Waals surface area contributed by atoms with Crippen molar-refractivity contribution in [3.05, 3.63) is 29.8 Å². The third-order valence-corrected chi connectivity index (χ3v) is 4.41. The maximum absolute atomic E-state index is 9.67. The van der Waals surface area contributed by atoms with Crippen LogP contribution in [0.15, 0.2) is 24.3 Å². The van der Waals surface area contributed by atoms with Gasteiger partial charge in [-0.15, -0.1) is 0 Å². The first-order valence-electron chi connectivity index (χ1n) is 8.00. The van der Waals surface area contributed by atoms with Crippen molar-refractivity contribution in [1.29, 1.82) is 0 Å². The third-order valence-electron chi connectivity index (χ3n) is 4.41. The number of phenolic OH excluding ortho intramolecular Hbond substituents is 1. The molecule has 2 unspecified atom stereocenters. The highest BCUT2D eigenvalue weighted by molar-refractivity contribution is 5.28. The van der Waals surface area contributed by atoms with Crippen molar-refractivity contribution >= 4 is 0 Å². The SMILES string of the molecule is CCNC(Cc1cccc(O)c1)C1CN(C)CCCN1C. The number of nitrogens with zero attached hydrogens (tertiary/aromatic N) is 2. The van der Waals surface area contributed by atoms with Gasteiger partial charge in [-0.3, -0.25) is 0 Å². The maximum atomic E-state index is 9.67. The fourth-order valence-electron chi connectivity index (χ4n) is 3.28. The van der Waals surface area contributed by atoms with Crippen molar-refractivity contribution in [2.75, 3.05) is 40.3 Å². The van der Waals surface area contributed by atoms with E-state index in [1.54, 1.807) is 6.07 Å². The summed E-state index contributed by atoms with van der Waals surface area (Å²) >= 11 is 0. The number of rotatable bonds is 5. The molecule has 1 aliphatic heterocycles. The molecule has 21 heavy (non-hydrogen) atoms. The molecule has 0 saturated carbocycles. The Hall–Kier alpha value is -1.10. The fraction of sp³-hybridized carbons (Fsp3) is 0.647. The molecule has 0 aromatic heterocycles. The van der Waals surface area contributed by atoms with E-state index >= 15 is 0 Å². The van der Waals surface area contributed by atoms with E-state index in [0.717, 1.165) is 26.1 Å². The Kier molecular flexibility index (Phi) is 6.03. The summed E-state index contributed by atoms with van der Waals surface area (Å²) in [6.45, 7) is 6.54. The Balaban J connectivity index is 2.12. The first-order chi connectivity index (χ1) is 10.1. The van der Waals surface area contributed by atoms with Gasteiger partial charge in [0.05, 0.1) is 0 Å². The zero-order chi connectivity index (χ0) is 15.2. The molecule has 1 aromatic rings. The predicted octanol–water partition coefficient (Wildman–Crippen LogP) is 1.55. The van der Waals surface area contributed by atoms with Crippen LogP contribution in [0.3, 0.4) is 0 Å². The Morgan fingerprint density at radius 1 is 1.33 bits per heavy atom. The molecule has 1 saturated heterocycles. The molecule has 4 nitrogen and oxygen atoms in total. The summed E-state index contributed by atoms with van der Waals surface area (Å²) in [5, 5.41) is 13.3. The lowest BCUT2D eigenvalue weighted by molar-refractivity contribution is 0.178. The molecule has 118 valence electrons.